The molecule has 2 aromatic rings. The summed E-state index contributed by atoms with van der Waals surface area (Å²) in [4.78, 5) is 15.5. The third kappa shape index (κ3) is 6.07. The van der Waals surface area contributed by atoms with Crippen molar-refractivity contribution in [2.45, 2.75) is 20.3 Å². The molecule has 1 aromatic heterocycles. The highest BCUT2D eigenvalue weighted by molar-refractivity contribution is 7.13. The highest BCUT2D eigenvalue weighted by Crippen LogP contribution is 2.15. The van der Waals surface area contributed by atoms with Crippen LogP contribution in [0.4, 0.5) is 5.13 Å². The molecule has 0 aliphatic carbocycles. The number of hydrogen-bond acceptors (Lipinski definition) is 7. The average Bonchev–Trinajstić information content (AvgIpc) is 2.93. The minimum absolute atomic E-state index is 0.233. The molecule has 1 heterocycles. The van der Waals surface area contributed by atoms with Gasteiger partial charge in [0.25, 0.3) is 0 Å². The molecule has 6 nitrogen and oxygen atoms in total. The Bertz CT molecular complexity index is 670. The molecule has 0 bridgehead atoms. The van der Waals surface area contributed by atoms with E-state index in [0.29, 0.717) is 12.4 Å². The third-order valence-corrected chi connectivity index (χ3v) is 3.60. The normalized spacial score (nSPS) is 10.7. The molecule has 0 aliphatic rings. The predicted molar refractivity (Wildman–Crippen MR) is 91.3 cm³/mol. The molecular formula is C16H19N3O3S. The van der Waals surface area contributed by atoms with Crippen molar-refractivity contribution in [3.05, 3.63) is 40.9 Å². The van der Waals surface area contributed by atoms with Gasteiger partial charge < -0.3 is 9.47 Å². The summed E-state index contributed by atoms with van der Waals surface area (Å²) in [5.74, 6) is 0.427. The number of esters is 1. The maximum atomic E-state index is 11.2. The van der Waals surface area contributed by atoms with E-state index >= 15 is 0 Å². The highest BCUT2D eigenvalue weighted by atomic mass is 32.1. The monoisotopic (exact) mass is 333 g/mol. The first-order valence-corrected chi connectivity index (χ1v) is 8.15. The van der Waals surface area contributed by atoms with E-state index in [-0.39, 0.29) is 19.0 Å². The molecule has 0 saturated carbocycles. The van der Waals surface area contributed by atoms with Crippen LogP contribution in [0.1, 0.15) is 24.6 Å². The van der Waals surface area contributed by atoms with Gasteiger partial charge in [-0.05, 0) is 31.5 Å². The Hall–Kier alpha value is -2.41. The topological polar surface area (TPSA) is 72.8 Å². The number of carbonyl (C=O) groups excluding carboxylic acids is 1. The molecule has 0 unspecified atom stereocenters. The summed E-state index contributed by atoms with van der Waals surface area (Å²) in [6, 6.07) is 7.47. The maximum Gasteiger partial charge on any atom is 0.309 e. The number of nitrogens with one attached hydrogen (secondary N) is 1. The number of anilines is 1. The van der Waals surface area contributed by atoms with E-state index in [1.807, 2.05) is 36.6 Å². The summed E-state index contributed by atoms with van der Waals surface area (Å²) in [6.07, 6.45) is 1.92. The van der Waals surface area contributed by atoms with Gasteiger partial charge >= 0.3 is 5.97 Å². The van der Waals surface area contributed by atoms with Crippen molar-refractivity contribution in [1.29, 1.82) is 0 Å². The molecule has 7 heteroatoms. The van der Waals surface area contributed by atoms with E-state index in [0.717, 1.165) is 16.4 Å². The molecule has 0 saturated heterocycles. The summed E-state index contributed by atoms with van der Waals surface area (Å²) in [6.45, 7) is 4.39. The summed E-state index contributed by atoms with van der Waals surface area (Å²) >= 11 is 1.50. The molecule has 0 radical (unpaired) electrons. The summed E-state index contributed by atoms with van der Waals surface area (Å²) < 4.78 is 10.4. The molecule has 0 fully saturated rings. The fraction of sp³-hybridized carbons (Fsp3) is 0.312. The van der Waals surface area contributed by atoms with Crippen molar-refractivity contribution in [2.75, 3.05) is 18.6 Å². The Labute approximate surface area is 139 Å². The first-order chi connectivity index (χ1) is 11.2. The van der Waals surface area contributed by atoms with Crippen LogP contribution in [0.2, 0.25) is 0 Å². The van der Waals surface area contributed by atoms with Gasteiger partial charge in [-0.15, -0.1) is 11.3 Å². The SMILES string of the molecule is CCOC(=O)CCOc1cccc(C=NNc2nc(C)cs2)c1. The van der Waals surface area contributed by atoms with Crippen molar-refractivity contribution in [3.63, 3.8) is 0 Å². The van der Waals surface area contributed by atoms with Gasteiger partial charge in [0.15, 0.2) is 0 Å². The number of aryl methyl sites for hydroxylation is 1. The van der Waals surface area contributed by atoms with E-state index in [9.17, 15) is 4.79 Å². The van der Waals surface area contributed by atoms with Crippen molar-refractivity contribution >= 4 is 28.7 Å². The molecule has 0 atom stereocenters. The van der Waals surface area contributed by atoms with Crippen LogP contribution in [0, 0.1) is 6.92 Å². The Balaban J connectivity index is 1.83. The van der Waals surface area contributed by atoms with Crippen molar-refractivity contribution in [2.24, 2.45) is 5.10 Å². The van der Waals surface area contributed by atoms with Crippen LogP contribution in [-0.4, -0.2) is 30.4 Å². The van der Waals surface area contributed by atoms with Gasteiger partial charge in [-0.3, -0.25) is 10.2 Å². The number of hydrogen-bond donors (Lipinski definition) is 1. The lowest BCUT2D eigenvalue weighted by atomic mass is 10.2. The second-order valence-electron chi connectivity index (χ2n) is 4.64. The molecular weight excluding hydrogens is 314 g/mol. The Morgan fingerprint density at radius 2 is 2.35 bits per heavy atom. The number of carbonyl (C=O) groups is 1. The molecule has 0 spiro atoms. The van der Waals surface area contributed by atoms with Crippen LogP contribution in [0.3, 0.4) is 0 Å². The van der Waals surface area contributed by atoms with Crippen LogP contribution >= 0.6 is 11.3 Å². The van der Waals surface area contributed by atoms with Crippen molar-refractivity contribution in [1.82, 2.24) is 4.98 Å². The average molecular weight is 333 g/mol. The Morgan fingerprint density at radius 3 is 3.09 bits per heavy atom. The van der Waals surface area contributed by atoms with Crippen LogP contribution in [0.5, 0.6) is 5.75 Å². The van der Waals surface area contributed by atoms with Crippen LogP contribution in [0.25, 0.3) is 0 Å². The van der Waals surface area contributed by atoms with Crippen LogP contribution in [-0.2, 0) is 9.53 Å². The fourth-order valence-electron chi connectivity index (χ4n) is 1.74. The number of benzene rings is 1. The van der Waals surface area contributed by atoms with E-state index in [2.05, 4.69) is 15.5 Å². The third-order valence-electron chi connectivity index (χ3n) is 2.73. The molecule has 23 heavy (non-hydrogen) atoms. The van der Waals surface area contributed by atoms with Crippen molar-refractivity contribution in [3.8, 4) is 5.75 Å². The standard InChI is InChI=1S/C16H19N3O3S/c1-3-21-15(20)7-8-22-14-6-4-5-13(9-14)10-17-19-16-18-12(2)11-23-16/h4-6,9-11H,3,7-8H2,1-2H3,(H,18,19). The number of ether oxygens (including phenoxy) is 2. The first-order valence-electron chi connectivity index (χ1n) is 7.27. The molecule has 0 aliphatic heterocycles. The summed E-state index contributed by atoms with van der Waals surface area (Å²) in [5.41, 5.74) is 4.73. The minimum Gasteiger partial charge on any atom is -0.493 e. The van der Waals surface area contributed by atoms with E-state index in [4.69, 9.17) is 9.47 Å². The Morgan fingerprint density at radius 1 is 1.48 bits per heavy atom. The van der Waals surface area contributed by atoms with Crippen LogP contribution in [0.15, 0.2) is 34.7 Å². The highest BCUT2D eigenvalue weighted by Gasteiger charge is 2.02. The fourth-order valence-corrected chi connectivity index (χ4v) is 2.37. The largest absolute Gasteiger partial charge is 0.493 e. The lowest BCUT2D eigenvalue weighted by Crippen LogP contribution is -2.09. The lowest BCUT2D eigenvalue weighted by molar-refractivity contribution is -0.143. The number of hydrazone groups is 1. The zero-order valence-electron chi connectivity index (χ0n) is 13.1. The molecule has 0 amide bonds. The van der Waals surface area contributed by atoms with Gasteiger partial charge in [-0.1, -0.05) is 12.1 Å². The first kappa shape index (κ1) is 17.0. The molecule has 1 aromatic carbocycles. The lowest BCUT2D eigenvalue weighted by Gasteiger charge is -2.06. The second kappa shape index (κ2) is 8.89. The Kier molecular flexibility index (Phi) is 6.56. The number of aromatic nitrogens is 1. The van der Waals surface area contributed by atoms with Gasteiger partial charge in [0.2, 0.25) is 5.13 Å². The van der Waals surface area contributed by atoms with Crippen LogP contribution < -0.4 is 10.2 Å². The van der Waals surface area contributed by atoms with E-state index in [1.165, 1.54) is 11.3 Å². The molecule has 1 N–H and O–H groups in total. The van der Waals surface area contributed by atoms with Gasteiger partial charge in [0, 0.05) is 5.38 Å². The molecule has 122 valence electrons. The number of thiazole rings is 1. The summed E-state index contributed by atoms with van der Waals surface area (Å²) in [5, 5.41) is 6.85. The van der Waals surface area contributed by atoms with E-state index < -0.39 is 0 Å². The predicted octanol–water partition coefficient (Wildman–Crippen LogP) is 3.23. The van der Waals surface area contributed by atoms with E-state index in [1.54, 1.807) is 13.1 Å². The number of rotatable bonds is 8. The van der Waals surface area contributed by atoms with Gasteiger partial charge in [0.05, 0.1) is 31.5 Å². The zero-order chi connectivity index (χ0) is 16.5. The van der Waals surface area contributed by atoms with Gasteiger partial charge in [-0.25, -0.2) is 4.98 Å². The minimum atomic E-state index is -0.256. The zero-order valence-corrected chi connectivity index (χ0v) is 13.9. The van der Waals surface area contributed by atoms with Gasteiger partial charge in [-0.2, -0.15) is 5.10 Å². The van der Waals surface area contributed by atoms with Gasteiger partial charge in [0.1, 0.15) is 5.75 Å². The smallest absolute Gasteiger partial charge is 0.309 e. The summed E-state index contributed by atoms with van der Waals surface area (Å²) in [7, 11) is 0. The maximum absolute atomic E-state index is 11.2. The molecule has 2 rings (SSSR count). The van der Waals surface area contributed by atoms with Crippen molar-refractivity contribution < 1.29 is 14.3 Å². The quantitative estimate of drug-likeness (QED) is 0.456. The number of nitrogens with zero attached hydrogens (tertiary/aromatic N) is 2. The second-order valence-corrected chi connectivity index (χ2v) is 5.50.